The Bertz CT molecular complexity index is 828. The molecule has 3 rings (SSSR count). The quantitative estimate of drug-likeness (QED) is 0.625. The van der Waals surface area contributed by atoms with Crippen LogP contribution in [0.4, 0.5) is 0 Å². The molecule has 0 saturated heterocycles. The van der Waals surface area contributed by atoms with E-state index in [9.17, 15) is 4.79 Å². The third-order valence-corrected chi connectivity index (χ3v) is 3.94. The summed E-state index contributed by atoms with van der Waals surface area (Å²) < 4.78 is 5.23. The minimum absolute atomic E-state index is 0.124. The van der Waals surface area contributed by atoms with Crippen LogP contribution in [0.5, 0.6) is 5.75 Å². The van der Waals surface area contributed by atoms with Crippen LogP contribution in [0.15, 0.2) is 72.9 Å². The maximum absolute atomic E-state index is 12.7. The fraction of sp³-hybridized carbons (Fsp3) is 0.143. The highest BCUT2D eigenvalue weighted by atomic mass is 16.5. The van der Waals surface area contributed by atoms with E-state index in [1.807, 2.05) is 66.7 Å². The lowest BCUT2D eigenvalue weighted by molar-refractivity contribution is 0.0983. The van der Waals surface area contributed by atoms with E-state index in [4.69, 9.17) is 4.74 Å². The summed E-state index contributed by atoms with van der Waals surface area (Å²) in [6.07, 6.45) is 2.89. The maximum Gasteiger partial charge on any atom is 0.163 e. The fourth-order valence-electron chi connectivity index (χ4n) is 2.69. The second kappa shape index (κ2) is 7.55. The topological polar surface area (TPSA) is 39.2 Å². The van der Waals surface area contributed by atoms with Crippen molar-refractivity contribution in [2.45, 2.75) is 12.8 Å². The number of aryl methyl sites for hydroxylation is 1. The Morgan fingerprint density at radius 1 is 1.00 bits per heavy atom. The number of ketones is 1. The van der Waals surface area contributed by atoms with Crippen LogP contribution in [0.25, 0.3) is 11.3 Å². The number of hydrogen-bond acceptors (Lipinski definition) is 3. The van der Waals surface area contributed by atoms with Crippen molar-refractivity contribution in [2.75, 3.05) is 7.11 Å². The van der Waals surface area contributed by atoms with Crippen LogP contribution in [0.3, 0.4) is 0 Å². The molecule has 3 heteroatoms. The van der Waals surface area contributed by atoms with Gasteiger partial charge in [0.1, 0.15) is 5.75 Å². The predicted octanol–water partition coefficient (Wildman–Crippen LogP) is 4.57. The molecule has 0 atom stereocenters. The number of carbonyl (C=O) groups is 1. The first-order valence-electron chi connectivity index (χ1n) is 7.94. The first-order chi connectivity index (χ1) is 11.8. The van der Waals surface area contributed by atoms with E-state index in [2.05, 4.69) is 4.98 Å². The molecule has 1 aromatic heterocycles. The zero-order valence-electron chi connectivity index (χ0n) is 13.6. The van der Waals surface area contributed by atoms with Crippen LogP contribution >= 0.6 is 0 Å². The second-order valence-electron chi connectivity index (χ2n) is 5.54. The molecule has 0 spiro atoms. The molecule has 3 aromatic rings. The van der Waals surface area contributed by atoms with Crippen LogP contribution in [-0.2, 0) is 6.42 Å². The molecule has 2 aromatic carbocycles. The van der Waals surface area contributed by atoms with Gasteiger partial charge in [-0.1, -0.05) is 42.5 Å². The number of Topliss-reactive ketones (excluding diaryl/α,β-unsaturated/α-hetero) is 1. The molecular formula is C21H19NO2. The Morgan fingerprint density at radius 3 is 2.62 bits per heavy atom. The first kappa shape index (κ1) is 15.9. The van der Waals surface area contributed by atoms with Gasteiger partial charge in [0.25, 0.3) is 0 Å². The molecule has 0 bridgehead atoms. The normalized spacial score (nSPS) is 10.4. The minimum Gasteiger partial charge on any atom is -0.497 e. The van der Waals surface area contributed by atoms with Gasteiger partial charge in [0.2, 0.25) is 0 Å². The molecule has 0 saturated carbocycles. The van der Waals surface area contributed by atoms with Crippen molar-refractivity contribution in [1.82, 2.24) is 4.98 Å². The van der Waals surface area contributed by atoms with Gasteiger partial charge in [0.05, 0.1) is 12.8 Å². The van der Waals surface area contributed by atoms with Crippen molar-refractivity contribution < 1.29 is 9.53 Å². The Morgan fingerprint density at radius 2 is 1.83 bits per heavy atom. The van der Waals surface area contributed by atoms with Crippen molar-refractivity contribution in [3.8, 4) is 17.0 Å². The molecule has 0 N–H and O–H groups in total. The van der Waals surface area contributed by atoms with Crippen LogP contribution in [0, 0.1) is 0 Å². The Kier molecular flexibility index (Phi) is 5.02. The van der Waals surface area contributed by atoms with Crippen molar-refractivity contribution in [2.24, 2.45) is 0 Å². The number of hydrogen-bond donors (Lipinski definition) is 0. The third kappa shape index (κ3) is 3.69. The van der Waals surface area contributed by atoms with E-state index in [1.165, 1.54) is 0 Å². The second-order valence-corrected chi connectivity index (χ2v) is 5.54. The third-order valence-electron chi connectivity index (χ3n) is 3.94. The first-order valence-corrected chi connectivity index (χ1v) is 7.94. The Hall–Kier alpha value is -2.94. The summed E-state index contributed by atoms with van der Waals surface area (Å²) in [6.45, 7) is 0. The number of pyridine rings is 1. The van der Waals surface area contributed by atoms with Crippen LogP contribution in [0.2, 0.25) is 0 Å². The van der Waals surface area contributed by atoms with Crippen LogP contribution in [-0.4, -0.2) is 17.9 Å². The van der Waals surface area contributed by atoms with Crippen molar-refractivity contribution in [1.29, 1.82) is 0 Å². The zero-order valence-corrected chi connectivity index (χ0v) is 13.6. The number of nitrogens with zero attached hydrogens (tertiary/aromatic N) is 1. The number of methoxy groups -OCH3 is 1. The molecule has 120 valence electrons. The molecule has 0 fully saturated rings. The van der Waals surface area contributed by atoms with E-state index in [-0.39, 0.29) is 5.78 Å². The Balaban J connectivity index is 1.78. The summed E-state index contributed by atoms with van der Waals surface area (Å²) in [4.78, 5) is 17.1. The molecular weight excluding hydrogens is 298 g/mol. The van der Waals surface area contributed by atoms with E-state index in [0.717, 1.165) is 28.1 Å². The van der Waals surface area contributed by atoms with E-state index in [0.29, 0.717) is 12.8 Å². The smallest absolute Gasteiger partial charge is 0.163 e. The van der Waals surface area contributed by atoms with E-state index in [1.54, 1.807) is 13.3 Å². The summed E-state index contributed by atoms with van der Waals surface area (Å²) in [5.74, 6) is 0.938. The van der Waals surface area contributed by atoms with Gasteiger partial charge in [-0.3, -0.25) is 9.78 Å². The summed E-state index contributed by atoms with van der Waals surface area (Å²) in [5.41, 5.74) is 3.52. The number of rotatable bonds is 6. The van der Waals surface area contributed by atoms with Gasteiger partial charge in [-0.15, -0.1) is 0 Å². The van der Waals surface area contributed by atoms with Gasteiger partial charge >= 0.3 is 0 Å². The van der Waals surface area contributed by atoms with Crippen molar-refractivity contribution in [3.63, 3.8) is 0 Å². The van der Waals surface area contributed by atoms with Crippen molar-refractivity contribution in [3.05, 3.63) is 84.1 Å². The van der Waals surface area contributed by atoms with Gasteiger partial charge in [0, 0.05) is 23.7 Å². The fourth-order valence-corrected chi connectivity index (χ4v) is 2.69. The van der Waals surface area contributed by atoms with Crippen LogP contribution in [0.1, 0.15) is 22.3 Å². The van der Waals surface area contributed by atoms with Crippen molar-refractivity contribution >= 4 is 5.78 Å². The number of ether oxygens (including phenoxy) is 1. The summed E-state index contributed by atoms with van der Waals surface area (Å²) >= 11 is 0. The highest BCUT2D eigenvalue weighted by molar-refractivity contribution is 6.02. The molecule has 0 aliphatic rings. The number of aromatic nitrogens is 1. The monoisotopic (exact) mass is 317 g/mol. The molecule has 1 heterocycles. The lowest BCUT2D eigenvalue weighted by Crippen LogP contribution is -2.04. The summed E-state index contributed by atoms with van der Waals surface area (Å²) in [6, 6.07) is 21.2. The molecule has 0 amide bonds. The summed E-state index contributed by atoms with van der Waals surface area (Å²) in [7, 11) is 1.65. The Labute approximate surface area is 142 Å². The summed E-state index contributed by atoms with van der Waals surface area (Å²) in [5, 5.41) is 0. The molecule has 0 aliphatic heterocycles. The number of carbonyl (C=O) groups excluding carboxylic acids is 1. The lowest BCUT2D eigenvalue weighted by Gasteiger charge is -2.09. The predicted molar refractivity (Wildman–Crippen MR) is 95.3 cm³/mol. The highest BCUT2D eigenvalue weighted by Gasteiger charge is 2.13. The van der Waals surface area contributed by atoms with E-state index < -0.39 is 0 Å². The minimum atomic E-state index is 0.124. The van der Waals surface area contributed by atoms with Gasteiger partial charge in [0.15, 0.2) is 5.78 Å². The molecule has 0 radical (unpaired) electrons. The van der Waals surface area contributed by atoms with Gasteiger partial charge in [-0.05, 0) is 36.2 Å². The average molecular weight is 317 g/mol. The van der Waals surface area contributed by atoms with Crippen LogP contribution < -0.4 is 4.74 Å². The largest absolute Gasteiger partial charge is 0.497 e. The lowest BCUT2D eigenvalue weighted by atomic mass is 9.96. The van der Waals surface area contributed by atoms with Gasteiger partial charge in [-0.2, -0.15) is 0 Å². The number of benzene rings is 2. The van der Waals surface area contributed by atoms with E-state index >= 15 is 0 Å². The standard InChI is InChI=1S/C21H19NO2/c1-24-17-8-6-7-16(15-17)12-13-21(23)19-10-3-2-9-18(19)20-11-4-5-14-22-20/h2-11,14-15H,12-13H2,1H3. The SMILES string of the molecule is COc1cccc(CCC(=O)c2ccccc2-c2ccccn2)c1. The molecule has 24 heavy (non-hydrogen) atoms. The molecule has 3 nitrogen and oxygen atoms in total. The molecule has 0 unspecified atom stereocenters. The van der Waals surface area contributed by atoms with Gasteiger partial charge in [-0.25, -0.2) is 0 Å². The average Bonchev–Trinajstić information content (AvgIpc) is 2.67. The zero-order chi connectivity index (χ0) is 16.8. The maximum atomic E-state index is 12.7. The molecule has 0 aliphatic carbocycles. The highest BCUT2D eigenvalue weighted by Crippen LogP contribution is 2.23. The van der Waals surface area contributed by atoms with Gasteiger partial charge < -0.3 is 4.74 Å².